The van der Waals surface area contributed by atoms with Crippen LogP contribution in [0.3, 0.4) is 0 Å². The van der Waals surface area contributed by atoms with Crippen molar-refractivity contribution in [1.29, 1.82) is 0 Å². The van der Waals surface area contributed by atoms with E-state index in [0.717, 1.165) is 19.4 Å². The Bertz CT molecular complexity index is 743. The van der Waals surface area contributed by atoms with Crippen molar-refractivity contribution < 1.29 is 27.1 Å². The number of rotatable bonds is 8. The Morgan fingerprint density at radius 3 is 2.79 bits per heavy atom. The molecular weight excluding hydrogens is 381 g/mol. The van der Waals surface area contributed by atoms with E-state index < -0.39 is 18.1 Å². The first-order valence-corrected chi connectivity index (χ1v) is 8.88. The molecule has 1 fully saturated rings. The standard InChI is InChI=1S/C16H21F3N6O3/c17-16(18,19)15(12-3-2-8-28-12)20-14(26)4-1-5-25-13(21-22-23-25)11-24-6-9-27-10-7-24/h2-3,8,15H,1,4-7,9-11H2,(H,20,26). The lowest BCUT2D eigenvalue weighted by molar-refractivity contribution is -0.166. The van der Waals surface area contributed by atoms with Gasteiger partial charge in [-0.15, -0.1) is 5.10 Å². The SMILES string of the molecule is O=C(CCCn1nnnc1CN1CCOCC1)NC(c1ccco1)C(F)(F)F. The molecule has 0 bridgehead atoms. The van der Waals surface area contributed by atoms with Gasteiger partial charge in [0.2, 0.25) is 5.91 Å². The van der Waals surface area contributed by atoms with Gasteiger partial charge in [-0.2, -0.15) is 13.2 Å². The maximum atomic E-state index is 13.1. The van der Waals surface area contributed by atoms with E-state index in [1.807, 2.05) is 5.32 Å². The van der Waals surface area contributed by atoms with Crippen LogP contribution in [-0.2, 0) is 22.6 Å². The van der Waals surface area contributed by atoms with Gasteiger partial charge in [-0.05, 0) is 29.0 Å². The molecule has 0 spiro atoms. The van der Waals surface area contributed by atoms with Gasteiger partial charge in [0, 0.05) is 26.1 Å². The Hall–Kier alpha value is -2.47. The second-order valence-electron chi connectivity index (χ2n) is 6.37. The third kappa shape index (κ3) is 5.52. The average molecular weight is 402 g/mol. The molecule has 1 unspecified atom stereocenters. The number of amides is 1. The fraction of sp³-hybridized carbons (Fsp3) is 0.625. The number of tetrazole rings is 1. The van der Waals surface area contributed by atoms with Crippen LogP contribution in [0, 0.1) is 0 Å². The molecule has 1 aliphatic heterocycles. The van der Waals surface area contributed by atoms with Crippen LogP contribution in [-0.4, -0.2) is 63.5 Å². The van der Waals surface area contributed by atoms with Gasteiger partial charge in [0.1, 0.15) is 5.76 Å². The molecular formula is C16H21F3N6O3. The van der Waals surface area contributed by atoms with Crippen LogP contribution < -0.4 is 5.32 Å². The molecule has 154 valence electrons. The molecule has 1 saturated heterocycles. The van der Waals surface area contributed by atoms with Crippen molar-refractivity contribution >= 4 is 5.91 Å². The fourth-order valence-electron chi connectivity index (χ4n) is 2.86. The Kier molecular flexibility index (Phi) is 6.62. The van der Waals surface area contributed by atoms with Crippen LogP contribution in [0.5, 0.6) is 0 Å². The summed E-state index contributed by atoms with van der Waals surface area (Å²) in [4.78, 5) is 14.1. The maximum absolute atomic E-state index is 13.1. The maximum Gasteiger partial charge on any atom is 0.415 e. The first-order chi connectivity index (χ1) is 13.4. The summed E-state index contributed by atoms with van der Waals surface area (Å²) in [5.41, 5.74) is 0. The number of aromatic nitrogens is 4. The summed E-state index contributed by atoms with van der Waals surface area (Å²) in [5, 5.41) is 13.5. The van der Waals surface area contributed by atoms with Crippen LogP contribution >= 0.6 is 0 Å². The van der Waals surface area contributed by atoms with Gasteiger partial charge in [0.15, 0.2) is 11.9 Å². The minimum absolute atomic E-state index is 0.0931. The highest BCUT2D eigenvalue weighted by molar-refractivity contribution is 5.76. The van der Waals surface area contributed by atoms with Crippen molar-refractivity contribution in [2.45, 2.75) is 38.1 Å². The van der Waals surface area contributed by atoms with Crippen LogP contribution in [0.4, 0.5) is 13.2 Å². The van der Waals surface area contributed by atoms with Gasteiger partial charge in [-0.25, -0.2) is 4.68 Å². The molecule has 12 heteroatoms. The highest BCUT2D eigenvalue weighted by atomic mass is 19.4. The van der Waals surface area contributed by atoms with Crippen LogP contribution in [0.15, 0.2) is 22.8 Å². The topological polar surface area (TPSA) is 98.3 Å². The molecule has 1 N–H and O–H groups in total. The molecule has 0 aliphatic carbocycles. The predicted molar refractivity (Wildman–Crippen MR) is 88.8 cm³/mol. The van der Waals surface area contributed by atoms with Crippen molar-refractivity contribution in [2.24, 2.45) is 0 Å². The lowest BCUT2D eigenvalue weighted by Gasteiger charge is -2.25. The molecule has 3 rings (SSSR count). The zero-order valence-electron chi connectivity index (χ0n) is 15.1. The van der Waals surface area contributed by atoms with E-state index >= 15 is 0 Å². The molecule has 1 atom stereocenters. The Morgan fingerprint density at radius 2 is 2.11 bits per heavy atom. The highest BCUT2D eigenvalue weighted by Gasteiger charge is 2.43. The summed E-state index contributed by atoms with van der Waals surface area (Å²) in [6.07, 6.45) is -3.30. The van der Waals surface area contributed by atoms with E-state index in [2.05, 4.69) is 20.4 Å². The number of furan rings is 1. The van der Waals surface area contributed by atoms with Crippen molar-refractivity contribution in [2.75, 3.05) is 26.3 Å². The number of nitrogens with one attached hydrogen (secondary N) is 1. The summed E-state index contributed by atoms with van der Waals surface area (Å²) in [6, 6.07) is 0.352. The van der Waals surface area contributed by atoms with E-state index in [9.17, 15) is 18.0 Å². The van der Waals surface area contributed by atoms with Gasteiger partial charge in [-0.1, -0.05) is 0 Å². The minimum atomic E-state index is -4.64. The number of aryl methyl sites for hydroxylation is 1. The first-order valence-electron chi connectivity index (χ1n) is 8.88. The molecule has 0 radical (unpaired) electrons. The zero-order chi connectivity index (χ0) is 20.0. The molecule has 2 aromatic rings. The van der Waals surface area contributed by atoms with Gasteiger partial charge in [-0.3, -0.25) is 9.69 Å². The van der Waals surface area contributed by atoms with Gasteiger partial charge >= 0.3 is 6.18 Å². The number of halogens is 3. The van der Waals surface area contributed by atoms with E-state index in [4.69, 9.17) is 9.15 Å². The molecule has 3 heterocycles. The third-order valence-corrected chi connectivity index (χ3v) is 4.31. The van der Waals surface area contributed by atoms with Gasteiger partial charge < -0.3 is 14.5 Å². The van der Waals surface area contributed by atoms with Crippen molar-refractivity contribution in [3.05, 3.63) is 30.0 Å². The molecule has 2 aromatic heterocycles. The van der Waals surface area contributed by atoms with E-state index in [1.54, 1.807) is 4.68 Å². The van der Waals surface area contributed by atoms with Crippen molar-refractivity contribution in [1.82, 2.24) is 30.4 Å². The summed E-state index contributed by atoms with van der Waals surface area (Å²) in [5.74, 6) is -0.429. The molecule has 0 aromatic carbocycles. The van der Waals surface area contributed by atoms with Crippen molar-refractivity contribution in [3.8, 4) is 0 Å². The van der Waals surface area contributed by atoms with E-state index in [-0.39, 0.29) is 12.2 Å². The summed E-state index contributed by atoms with van der Waals surface area (Å²) < 4.78 is 51.1. The fourth-order valence-corrected chi connectivity index (χ4v) is 2.86. The number of carbonyl (C=O) groups excluding carboxylic acids is 1. The Labute approximate surface area is 158 Å². The molecule has 1 aliphatic rings. The predicted octanol–water partition coefficient (Wildman–Crippen LogP) is 1.30. The van der Waals surface area contributed by atoms with E-state index in [0.29, 0.717) is 38.5 Å². The lowest BCUT2D eigenvalue weighted by atomic mass is 10.2. The van der Waals surface area contributed by atoms with Crippen LogP contribution in [0.25, 0.3) is 0 Å². The quantitative estimate of drug-likeness (QED) is 0.711. The Morgan fingerprint density at radius 1 is 1.32 bits per heavy atom. The average Bonchev–Trinajstić information content (AvgIpc) is 3.32. The minimum Gasteiger partial charge on any atom is -0.467 e. The molecule has 28 heavy (non-hydrogen) atoms. The number of carbonyl (C=O) groups is 1. The summed E-state index contributed by atoms with van der Waals surface area (Å²) in [7, 11) is 0. The monoisotopic (exact) mass is 402 g/mol. The normalized spacial score (nSPS) is 16.8. The number of hydrogen-bond donors (Lipinski definition) is 1. The second-order valence-corrected chi connectivity index (χ2v) is 6.37. The van der Waals surface area contributed by atoms with Crippen LogP contribution in [0.1, 0.15) is 30.5 Å². The first kappa shape index (κ1) is 20.3. The summed E-state index contributed by atoms with van der Waals surface area (Å²) >= 11 is 0. The van der Waals surface area contributed by atoms with E-state index in [1.165, 1.54) is 12.1 Å². The largest absolute Gasteiger partial charge is 0.467 e. The number of morpholine rings is 1. The zero-order valence-corrected chi connectivity index (χ0v) is 15.1. The Balaban J connectivity index is 1.48. The molecule has 9 nitrogen and oxygen atoms in total. The highest BCUT2D eigenvalue weighted by Crippen LogP contribution is 2.32. The number of nitrogens with zero attached hydrogens (tertiary/aromatic N) is 5. The molecule has 1 amide bonds. The number of hydrogen-bond acceptors (Lipinski definition) is 7. The second kappa shape index (κ2) is 9.15. The van der Waals surface area contributed by atoms with Crippen LogP contribution in [0.2, 0.25) is 0 Å². The smallest absolute Gasteiger partial charge is 0.415 e. The lowest BCUT2D eigenvalue weighted by Crippen LogP contribution is -2.38. The number of ether oxygens (including phenoxy) is 1. The summed E-state index contributed by atoms with van der Waals surface area (Å²) in [6.45, 7) is 3.74. The van der Waals surface area contributed by atoms with Crippen molar-refractivity contribution in [3.63, 3.8) is 0 Å². The molecule has 0 saturated carbocycles. The third-order valence-electron chi connectivity index (χ3n) is 4.31. The number of alkyl halides is 3. The van der Waals surface area contributed by atoms with Gasteiger partial charge in [0.25, 0.3) is 0 Å². The van der Waals surface area contributed by atoms with Gasteiger partial charge in [0.05, 0.1) is 26.0 Å².